The zero-order valence-electron chi connectivity index (χ0n) is 24.6. The Kier molecular flexibility index (Phi) is 7.30. The Labute approximate surface area is 239 Å². The van der Waals surface area contributed by atoms with E-state index in [1.54, 1.807) is 12.7 Å². The van der Waals surface area contributed by atoms with E-state index in [9.17, 15) is 9.59 Å². The number of Topliss-reactive ketones (excluding diaryl/α,β-unsaturated/α-hetero) is 1. The molecule has 0 spiro atoms. The zero-order valence-corrected chi connectivity index (χ0v) is 24.6. The highest BCUT2D eigenvalue weighted by molar-refractivity contribution is 5.93. The van der Waals surface area contributed by atoms with Gasteiger partial charge in [0.1, 0.15) is 6.61 Å². The fourth-order valence-corrected chi connectivity index (χ4v) is 9.22. The van der Waals surface area contributed by atoms with E-state index in [-0.39, 0.29) is 29.5 Å². The smallest absolute Gasteiger partial charge is 0.176 e. The number of hydrogen-bond acceptors (Lipinski definition) is 5. The van der Waals surface area contributed by atoms with E-state index in [4.69, 9.17) is 9.47 Å². The summed E-state index contributed by atoms with van der Waals surface area (Å²) in [6.07, 6.45) is 7.13. The van der Waals surface area contributed by atoms with E-state index in [1.807, 2.05) is 13.0 Å². The molecule has 6 atom stereocenters. The Morgan fingerprint density at radius 1 is 1.18 bits per heavy atom. The molecule has 6 rings (SSSR count). The van der Waals surface area contributed by atoms with Gasteiger partial charge in [-0.25, -0.2) is 0 Å². The summed E-state index contributed by atoms with van der Waals surface area (Å²) in [7, 11) is 1.61. The minimum Gasteiger partial charge on any atom is -0.378 e. The quantitative estimate of drug-likeness (QED) is 0.435. The van der Waals surface area contributed by atoms with Crippen molar-refractivity contribution >= 4 is 17.3 Å². The standard InChI is InChI=1S/C35H43NO4/c1-5-13-35(32(38)22-39-4)14-12-31-29-19-23(2)28-20-26(37)10-11-27(28)33(29)30(21-34(31,35)3)24-6-8-25(9-7-24)36-15-17-40-18-16-36/h6-9,20,23,29-31H,10-12,14-19,21-22H2,1-4H3/t23?,29-,30+,31-,34-,35+/m0/s1. The van der Waals surface area contributed by atoms with E-state index >= 15 is 0 Å². The van der Waals surface area contributed by atoms with Crippen LogP contribution in [0.5, 0.6) is 0 Å². The zero-order chi connectivity index (χ0) is 28.1. The van der Waals surface area contributed by atoms with Crippen LogP contribution in [0.2, 0.25) is 0 Å². The molecule has 4 aliphatic carbocycles. The molecule has 1 heterocycles. The third kappa shape index (κ3) is 4.22. The van der Waals surface area contributed by atoms with Crippen LogP contribution < -0.4 is 4.90 Å². The van der Waals surface area contributed by atoms with E-state index < -0.39 is 5.41 Å². The van der Waals surface area contributed by atoms with Crippen molar-refractivity contribution in [1.29, 1.82) is 0 Å². The van der Waals surface area contributed by atoms with Crippen molar-refractivity contribution in [2.75, 3.05) is 44.9 Å². The lowest BCUT2D eigenvalue weighted by Crippen LogP contribution is -2.52. The Hall–Kier alpha value is -2.68. The van der Waals surface area contributed by atoms with Gasteiger partial charge in [0.15, 0.2) is 11.6 Å². The van der Waals surface area contributed by atoms with Crippen LogP contribution in [0.25, 0.3) is 0 Å². The number of morpholine rings is 1. The normalized spacial score (nSPS) is 35.2. The monoisotopic (exact) mass is 541 g/mol. The lowest BCUT2D eigenvalue weighted by Gasteiger charge is -2.55. The van der Waals surface area contributed by atoms with Crippen molar-refractivity contribution in [3.05, 3.63) is 52.6 Å². The van der Waals surface area contributed by atoms with Gasteiger partial charge < -0.3 is 14.4 Å². The summed E-state index contributed by atoms with van der Waals surface area (Å²) < 4.78 is 11.0. The lowest BCUT2D eigenvalue weighted by atomic mass is 9.47. The molecule has 2 saturated carbocycles. The summed E-state index contributed by atoms with van der Waals surface area (Å²) in [5.74, 6) is 8.43. The van der Waals surface area contributed by atoms with Crippen molar-refractivity contribution in [2.24, 2.45) is 28.6 Å². The van der Waals surface area contributed by atoms with Crippen LogP contribution in [0.1, 0.15) is 70.8 Å². The van der Waals surface area contributed by atoms with Crippen molar-refractivity contribution in [1.82, 2.24) is 0 Å². The van der Waals surface area contributed by atoms with Gasteiger partial charge in [0.05, 0.1) is 18.6 Å². The first kappa shape index (κ1) is 27.5. The summed E-state index contributed by atoms with van der Waals surface area (Å²) >= 11 is 0. The summed E-state index contributed by atoms with van der Waals surface area (Å²) in [5.41, 5.74) is 5.89. The van der Waals surface area contributed by atoms with Gasteiger partial charge in [-0.1, -0.05) is 37.5 Å². The summed E-state index contributed by atoms with van der Waals surface area (Å²) in [5, 5.41) is 0. The van der Waals surface area contributed by atoms with Gasteiger partial charge in [0.25, 0.3) is 0 Å². The molecule has 0 amide bonds. The van der Waals surface area contributed by atoms with Crippen LogP contribution in [0.4, 0.5) is 5.69 Å². The summed E-state index contributed by atoms with van der Waals surface area (Å²) in [6.45, 7) is 10.0. The Morgan fingerprint density at radius 3 is 2.62 bits per heavy atom. The number of carbonyl (C=O) groups excluding carboxylic acids is 2. The second-order valence-electron chi connectivity index (χ2n) is 12.9. The molecule has 3 fully saturated rings. The average Bonchev–Trinajstić information content (AvgIpc) is 3.26. The van der Waals surface area contributed by atoms with E-state index in [1.165, 1.54) is 22.4 Å². The molecule has 0 radical (unpaired) electrons. The van der Waals surface area contributed by atoms with Crippen LogP contribution >= 0.6 is 0 Å². The topological polar surface area (TPSA) is 55.8 Å². The van der Waals surface area contributed by atoms with Gasteiger partial charge in [0.2, 0.25) is 0 Å². The first-order valence-electron chi connectivity index (χ1n) is 15.2. The van der Waals surface area contributed by atoms with Gasteiger partial charge in [-0.3, -0.25) is 9.59 Å². The highest BCUT2D eigenvalue weighted by Gasteiger charge is 2.65. The molecule has 0 bridgehead atoms. The molecule has 5 aliphatic rings. The molecule has 40 heavy (non-hydrogen) atoms. The first-order valence-corrected chi connectivity index (χ1v) is 15.2. The Bertz CT molecular complexity index is 1310. The van der Waals surface area contributed by atoms with Crippen molar-refractivity contribution in [3.8, 4) is 11.8 Å². The maximum atomic E-state index is 13.9. The number of carbonyl (C=O) groups is 2. The number of hydrogen-bond donors (Lipinski definition) is 0. The third-order valence-corrected chi connectivity index (χ3v) is 11.0. The van der Waals surface area contributed by atoms with Gasteiger partial charge in [0, 0.05) is 38.2 Å². The molecular weight excluding hydrogens is 498 g/mol. The molecule has 0 aromatic heterocycles. The van der Waals surface area contributed by atoms with Crippen LogP contribution in [-0.4, -0.2) is 51.6 Å². The molecule has 5 heteroatoms. The largest absolute Gasteiger partial charge is 0.378 e. The molecule has 1 aromatic carbocycles. The number of ketones is 2. The van der Waals surface area contributed by atoms with E-state index in [0.29, 0.717) is 24.2 Å². The molecule has 1 saturated heterocycles. The van der Waals surface area contributed by atoms with Gasteiger partial charge >= 0.3 is 0 Å². The number of rotatable bonds is 5. The van der Waals surface area contributed by atoms with Crippen molar-refractivity contribution in [3.63, 3.8) is 0 Å². The summed E-state index contributed by atoms with van der Waals surface area (Å²) in [4.78, 5) is 28.8. The first-order chi connectivity index (χ1) is 19.3. The number of allylic oxidation sites excluding steroid dienone is 4. The predicted molar refractivity (Wildman–Crippen MR) is 157 cm³/mol. The second-order valence-corrected chi connectivity index (χ2v) is 12.9. The van der Waals surface area contributed by atoms with Crippen molar-refractivity contribution in [2.45, 2.75) is 65.2 Å². The van der Waals surface area contributed by atoms with E-state index in [2.05, 4.69) is 54.9 Å². The SMILES string of the molecule is CC#C[C@]1(C(=O)COC)CC[C@H]2[C@@H]3CC(C)C4=CC(=O)CCC4=C3[C@@H](c3ccc(N4CCOCC4)cc3)C[C@@]21C. The number of ether oxygens (including phenoxy) is 2. The fraction of sp³-hybridized carbons (Fsp3) is 0.600. The number of fused-ring (bicyclic) bond motifs is 4. The van der Waals surface area contributed by atoms with E-state index in [0.717, 1.165) is 58.4 Å². The number of methoxy groups -OCH3 is 1. The van der Waals surface area contributed by atoms with Crippen LogP contribution in [0, 0.1) is 40.4 Å². The van der Waals surface area contributed by atoms with Gasteiger partial charge in [-0.15, -0.1) is 5.92 Å². The summed E-state index contributed by atoms with van der Waals surface area (Å²) in [6, 6.07) is 9.17. The minimum atomic E-state index is -0.688. The Balaban J connectivity index is 1.49. The van der Waals surface area contributed by atoms with Gasteiger partial charge in [-0.2, -0.15) is 0 Å². The lowest BCUT2D eigenvalue weighted by molar-refractivity contribution is -0.136. The van der Waals surface area contributed by atoms with Gasteiger partial charge in [-0.05, 0) is 97.1 Å². The third-order valence-electron chi connectivity index (χ3n) is 11.0. The molecule has 5 nitrogen and oxygen atoms in total. The Morgan fingerprint density at radius 2 is 1.93 bits per heavy atom. The number of anilines is 1. The van der Waals surface area contributed by atoms with Crippen LogP contribution in [-0.2, 0) is 19.1 Å². The van der Waals surface area contributed by atoms with Crippen molar-refractivity contribution < 1.29 is 19.1 Å². The molecule has 1 aliphatic heterocycles. The van der Waals surface area contributed by atoms with Crippen LogP contribution in [0.15, 0.2) is 47.1 Å². The molecule has 1 aromatic rings. The van der Waals surface area contributed by atoms with Crippen LogP contribution in [0.3, 0.4) is 0 Å². The minimum absolute atomic E-state index is 0.111. The second kappa shape index (κ2) is 10.6. The number of benzene rings is 1. The maximum Gasteiger partial charge on any atom is 0.176 e. The fourth-order valence-electron chi connectivity index (χ4n) is 9.22. The highest BCUT2D eigenvalue weighted by atomic mass is 16.5. The predicted octanol–water partition coefficient (Wildman–Crippen LogP) is 5.89. The number of nitrogens with zero attached hydrogens (tertiary/aromatic N) is 1. The average molecular weight is 542 g/mol. The molecule has 1 unspecified atom stereocenters. The molecular formula is C35H43NO4. The highest BCUT2D eigenvalue weighted by Crippen LogP contribution is 2.70. The molecule has 212 valence electrons. The maximum absolute atomic E-state index is 13.9. The molecule has 0 N–H and O–H groups in total.